The molecule has 0 aliphatic heterocycles. The van der Waals surface area contributed by atoms with E-state index in [0.29, 0.717) is 0 Å². The normalized spacial score (nSPS) is 10.0. The largest absolute Gasteiger partial charge is 0.437 e. The van der Waals surface area contributed by atoms with E-state index < -0.39 is 0 Å². The maximum Gasteiger partial charge on any atom is 0.256 e. The van der Waals surface area contributed by atoms with Crippen molar-refractivity contribution in [2.45, 2.75) is 19.1 Å². The van der Waals surface area contributed by atoms with E-state index in [2.05, 4.69) is 11.6 Å². The summed E-state index contributed by atoms with van der Waals surface area (Å²) in [6.07, 6.45) is 1.83. The second-order valence-corrected chi connectivity index (χ2v) is 3.19. The summed E-state index contributed by atoms with van der Waals surface area (Å²) in [6.45, 7) is 7.47. The molecule has 0 atom stereocenters. The second kappa shape index (κ2) is 3.62. The van der Waals surface area contributed by atoms with E-state index >= 15 is 0 Å². The second-order valence-electron chi connectivity index (χ2n) is 2.22. The lowest BCUT2D eigenvalue weighted by Crippen LogP contribution is -1.73. The maximum atomic E-state index is 5.32. The van der Waals surface area contributed by atoms with Crippen molar-refractivity contribution in [3.8, 4) is 0 Å². The van der Waals surface area contributed by atoms with Gasteiger partial charge >= 0.3 is 0 Å². The third-order valence-corrected chi connectivity index (χ3v) is 2.16. The summed E-state index contributed by atoms with van der Waals surface area (Å²) >= 11 is 1.56. The van der Waals surface area contributed by atoms with E-state index in [0.717, 1.165) is 22.4 Å². The van der Waals surface area contributed by atoms with Crippen LogP contribution in [0.25, 0.3) is 0 Å². The Bertz CT molecular complexity index is 235. The number of nitrogens with zero attached hydrogens (tertiary/aromatic N) is 1. The first-order valence-electron chi connectivity index (χ1n) is 3.41. The van der Waals surface area contributed by atoms with Crippen molar-refractivity contribution in [2.75, 3.05) is 5.75 Å². The summed E-state index contributed by atoms with van der Waals surface area (Å²) in [6, 6.07) is 0. The summed E-state index contributed by atoms with van der Waals surface area (Å²) < 4.78 is 5.32. The van der Waals surface area contributed by atoms with Gasteiger partial charge in [-0.15, -0.1) is 6.58 Å². The lowest BCUT2D eigenvalue weighted by atomic mass is 10.4. The van der Waals surface area contributed by atoms with Gasteiger partial charge in [-0.25, -0.2) is 4.98 Å². The number of aryl methyl sites for hydroxylation is 2. The molecule has 0 aliphatic carbocycles. The van der Waals surface area contributed by atoms with Gasteiger partial charge in [-0.1, -0.05) is 17.8 Å². The summed E-state index contributed by atoms with van der Waals surface area (Å²) in [5.41, 5.74) is 0.969. The highest BCUT2D eigenvalue weighted by atomic mass is 32.2. The Labute approximate surface area is 70.7 Å². The SMILES string of the molecule is C=CCSc1nc(C)c(C)o1. The fourth-order valence-corrected chi connectivity index (χ4v) is 1.28. The molecule has 0 fully saturated rings. The van der Waals surface area contributed by atoms with Crippen LogP contribution < -0.4 is 0 Å². The third-order valence-electron chi connectivity index (χ3n) is 1.33. The van der Waals surface area contributed by atoms with Crippen LogP contribution >= 0.6 is 11.8 Å². The van der Waals surface area contributed by atoms with Crippen LogP contribution in [0.4, 0.5) is 0 Å². The average Bonchev–Trinajstić information content (AvgIpc) is 2.28. The molecule has 1 heterocycles. The number of thioether (sulfide) groups is 1. The minimum atomic E-state index is 0.736. The van der Waals surface area contributed by atoms with Crippen LogP contribution in [0.2, 0.25) is 0 Å². The van der Waals surface area contributed by atoms with Crippen LogP contribution in [-0.4, -0.2) is 10.7 Å². The van der Waals surface area contributed by atoms with Gasteiger partial charge in [-0.3, -0.25) is 0 Å². The first kappa shape index (κ1) is 8.40. The molecule has 0 spiro atoms. The van der Waals surface area contributed by atoms with Gasteiger partial charge in [-0.2, -0.15) is 0 Å². The van der Waals surface area contributed by atoms with Crippen LogP contribution in [-0.2, 0) is 0 Å². The first-order valence-corrected chi connectivity index (χ1v) is 4.40. The third kappa shape index (κ3) is 2.12. The van der Waals surface area contributed by atoms with Crippen molar-refractivity contribution < 1.29 is 4.42 Å². The number of aromatic nitrogens is 1. The molecule has 3 heteroatoms. The highest BCUT2D eigenvalue weighted by molar-refractivity contribution is 7.99. The lowest BCUT2D eigenvalue weighted by Gasteiger charge is -1.86. The summed E-state index contributed by atoms with van der Waals surface area (Å²) in [7, 11) is 0. The molecule has 1 aromatic rings. The summed E-state index contributed by atoms with van der Waals surface area (Å²) in [4.78, 5) is 4.20. The number of rotatable bonds is 3. The molecule has 2 nitrogen and oxygen atoms in total. The Morgan fingerprint density at radius 2 is 2.36 bits per heavy atom. The molecule has 11 heavy (non-hydrogen) atoms. The van der Waals surface area contributed by atoms with Crippen LogP contribution in [0.1, 0.15) is 11.5 Å². The fourth-order valence-electron chi connectivity index (χ4n) is 0.635. The zero-order chi connectivity index (χ0) is 8.27. The van der Waals surface area contributed by atoms with E-state index in [1.807, 2.05) is 19.9 Å². The molecule has 0 N–H and O–H groups in total. The zero-order valence-electron chi connectivity index (χ0n) is 6.76. The van der Waals surface area contributed by atoms with Gasteiger partial charge in [0.25, 0.3) is 5.22 Å². The van der Waals surface area contributed by atoms with Crippen molar-refractivity contribution in [1.82, 2.24) is 4.98 Å². The molecule has 0 aliphatic rings. The fraction of sp³-hybridized carbons (Fsp3) is 0.375. The van der Waals surface area contributed by atoms with E-state index in [1.54, 1.807) is 11.8 Å². The van der Waals surface area contributed by atoms with Gasteiger partial charge in [0.15, 0.2) is 0 Å². The lowest BCUT2D eigenvalue weighted by molar-refractivity contribution is 0.431. The molecule has 0 unspecified atom stereocenters. The van der Waals surface area contributed by atoms with Gasteiger partial charge in [-0.05, 0) is 13.8 Å². The van der Waals surface area contributed by atoms with Crippen LogP contribution in [0.3, 0.4) is 0 Å². The van der Waals surface area contributed by atoms with Crippen molar-refractivity contribution in [3.63, 3.8) is 0 Å². The molecule has 0 saturated heterocycles. The molecular formula is C8H11NOS. The maximum absolute atomic E-state index is 5.32. The molecule has 60 valence electrons. The molecule has 0 bridgehead atoms. The van der Waals surface area contributed by atoms with Crippen molar-refractivity contribution in [2.24, 2.45) is 0 Å². The summed E-state index contributed by atoms with van der Waals surface area (Å²) in [5, 5.41) is 0.736. The van der Waals surface area contributed by atoms with E-state index in [4.69, 9.17) is 4.42 Å². The van der Waals surface area contributed by atoms with Gasteiger partial charge in [0.05, 0.1) is 5.69 Å². The Kier molecular flexibility index (Phi) is 2.76. The van der Waals surface area contributed by atoms with Gasteiger partial charge in [0, 0.05) is 5.75 Å². The van der Waals surface area contributed by atoms with Crippen molar-refractivity contribution >= 4 is 11.8 Å². The highest BCUT2D eigenvalue weighted by Gasteiger charge is 2.03. The minimum absolute atomic E-state index is 0.736. The topological polar surface area (TPSA) is 26.0 Å². The molecule has 1 aromatic heterocycles. The van der Waals surface area contributed by atoms with Crippen LogP contribution in [0, 0.1) is 13.8 Å². The van der Waals surface area contributed by atoms with E-state index in [1.165, 1.54) is 0 Å². The monoisotopic (exact) mass is 169 g/mol. The quantitative estimate of drug-likeness (QED) is 0.514. The van der Waals surface area contributed by atoms with Gasteiger partial charge < -0.3 is 4.42 Å². The van der Waals surface area contributed by atoms with Crippen molar-refractivity contribution in [3.05, 3.63) is 24.1 Å². The van der Waals surface area contributed by atoms with Crippen LogP contribution in [0.15, 0.2) is 22.3 Å². The number of hydrogen-bond acceptors (Lipinski definition) is 3. The highest BCUT2D eigenvalue weighted by Crippen LogP contribution is 2.19. The Morgan fingerprint density at radius 1 is 1.64 bits per heavy atom. The van der Waals surface area contributed by atoms with Gasteiger partial charge in [0.1, 0.15) is 5.76 Å². The molecule has 0 saturated carbocycles. The molecule has 0 aromatic carbocycles. The first-order chi connectivity index (χ1) is 5.24. The Morgan fingerprint density at radius 3 is 2.82 bits per heavy atom. The number of oxazole rings is 1. The molecule has 1 rings (SSSR count). The standard InChI is InChI=1S/C8H11NOS/c1-4-5-11-8-9-6(2)7(3)10-8/h4H,1,5H2,2-3H3. The molecule has 0 amide bonds. The van der Waals surface area contributed by atoms with Gasteiger partial charge in [0.2, 0.25) is 0 Å². The van der Waals surface area contributed by atoms with E-state index in [9.17, 15) is 0 Å². The average molecular weight is 169 g/mol. The zero-order valence-corrected chi connectivity index (χ0v) is 7.57. The predicted molar refractivity (Wildman–Crippen MR) is 46.9 cm³/mol. The Balaban J connectivity index is 2.64. The minimum Gasteiger partial charge on any atom is -0.437 e. The Hall–Kier alpha value is -0.700. The van der Waals surface area contributed by atoms with E-state index in [-0.39, 0.29) is 0 Å². The molecular weight excluding hydrogens is 158 g/mol. The number of hydrogen-bond donors (Lipinski definition) is 0. The summed E-state index contributed by atoms with van der Waals surface area (Å²) in [5.74, 6) is 1.75. The van der Waals surface area contributed by atoms with Crippen LogP contribution in [0.5, 0.6) is 0 Å². The smallest absolute Gasteiger partial charge is 0.256 e. The molecule has 0 radical (unpaired) electrons. The van der Waals surface area contributed by atoms with Crippen molar-refractivity contribution in [1.29, 1.82) is 0 Å². The predicted octanol–water partition coefficient (Wildman–Crippen LogP) is 2.57.